The van der Waals surface area contributed by atoms with E-state index in [2.05, 4.69) is 10.1 Å². The molecular formula is C15H17F4NO2. The monoisotopic (exact) mass is 319 g/mol. The second kappa shape index (κ2) is 5.38. The number of halogens is 4. The van der Waals surface area contributed by atoms with Crippen LogP contribution in [0.15, 0.2) is 18.2 Å². The molecule has 2 heterocycles. The number of rotatable bonds is 2. The summed E-state index contributed by atoms with van der Waals surface area (Å²) in [5.74, 6) is -1.49. The van der Waals surface area contributed by atoms with Gasteiger partial charge in [-0.2, -0.15) is 0 Å². The first-order valence-electron chi connectivity index (χ1n) is 7.29. The van der Waals surface area contributed by atoms with Crippen LogP contribution in [-0.4, -0.2) is 23.6 Å². The molecule has 0 radical (unpaired) electrons. The third-order valence-electron chi connectivity index (χ3n) is 4.42. The van der Waals surface area contributed by atoms with Crippen molar-refractivity contribution in [2.45, 2.75) is 56.2 Å². The lowest BCUT2D eigenvalue weighted by Crippen LogP contribution is -2.54. The first-order chi connectivity index (χ1) is 10.3. The van der Waals surface area contributed by atoms with Crippen LogP contribution in [0.4, 0.5) is 17.6 Å². The van der Waals surface area contributed by atoms with E-state index >= 15 is 0 Å². The minimum atomic E-state index is -4.86. The lowest BCUT2D eigenvalue weighted by atomic mass is 9.74. The van der Waals surface area contributed by atoms with Crippen LogP contribution in [0, 0.1) is 5.82 Å². The fraction of sp³-hybridized carbons (Fsp3) is 0.600. The van der Waals surface area contributed by atoms with E-state index in [0.29, 0.717) is 18.9 Å². The summed E-state index contributed by atoms with van der Waals surface area (Å²) in [7, 11) is 0. The summed E-state index contributed by atoms with van der Waals surface area (Å²) in [4.78, 5) is 0. The molecule has 2 saturated heterocycles. The van der Waals surface area contributed by atoms with Crippen molar-refractivity contribution in [2.24, 2.45) is 0 Å². The smallest absolute Gasteiger partial charge is 0.406 e. The molecule has 3 rings (SSSR count). The molecule has 0 amide bonds. The summed E-state index contributed by atoms with van der Waals surface area (Å²) in [5.41, 5.74) is -1.30. The highest BCUT2D eigenvalue weighted by molar-refractivity contribution is 5.33. The predicted molar refractivity (Wildman–Crippen MR) is 70.8 cm³/mol. The zero-order valence-electron chi connectivity index (χ0n) is 11.8. The Hall–Kier alpha value is -1.34. The molecule has 0 aromatic heterocycles. The molecular weight excluding hydrogens is 302 g/mol. The summed E-state index contributed by atoms with van der Waals surface area (Å²) in [5, 5.41) is 14.2. The van der Waals surface area contributed by atoms with Crippen LogP contribution >= 0.6 is 0 Å². The van der Waals surface area contributed by atoms with E-state index in [-0.39, 0.29) is 17.6 Å². The average molecular weight is 319 g/mol. The fourth-order valence-corrected chi connectivity index (χ4v) is 3.62. The predicted octanol–water partition coefficient (Wildman–Crippen LogP) is 3.22. The van der Waals surface area contributed by atoms with Gasteiger partial charge in [0.15, 0.2) is 0 Å². The number of piperidine rings is 2. The van der Waals surface area contributed by atoms with Crippen molar-refractivity contribution in [2.75, 3.05) is 0 Å². The molecule has 122 valence electrons. The summed E-state index contributed by atoms with van der Waals surface area (Å²) in [6.07, 6.45) is -1.25. The topological polar surface area (TPSA) is 41.5 Å². The number of benzene rings is 1. The average Bonchev–Trinajstić information content (AvgIpc) is 2.35. The van der Waals surface area contributed by atoms with Crippen molar-refractivity contribution in [3.8, 4) is 5.75 Å². The zero-order chi connectivity index (χ0) is 16.0. The summed E-state index contributed by atoms with van der Waals surface area (Å²) >= 11 is 0. The number of hydrogen-bond acceptors (Lipinski definition) is 3. The minimum Gasteiger partial charge on any atom is -0.406 e. The largest absolute Gasteiger partial charge is 0.573 e. The van der Waals surface area contributed by atoms with Crippen molar-refractivity contribution in [3.63, 3.8) is 0 Å². The molecule has 2 fully saturated rings. The van der Waals surface area contributed by atoms with Gasteiger partial charge in [-0.25, -0.2) is 4.39 Å². The highest BCUT2D eigenvalue weighted by atomic mass is 19.4. The van der Waals surface area contributed by atoms with Crippen molar-refractivity contribution >= 4 is 0 Å². The van der Waals surface area contributed by atoms with Gasteiger partial charge in [0.25, 0.3) is 0 Å². The van der Waals surface area contributed by atoms with Crippen molar-refractivity contribution in [1.29, 1.82) is 0 Å². The van der Waals surface area contributed by atoms with E-state index in [1.165, 1.54) is 6.07 Å². The normalized spacial score (nSPS) is 31.9. The zero-order valence-corrected chi connectivity index (χ0v) is 11.8. The van der Waals surface area contributed by atoms with Gasteiger partial charge in [0.1, 0.15) is 11.6 Å². The third-order valence-corrected chi connectivity index (χ3v) is 4.42. The number of fused-ring (bicyclic) bond motifs is 2. The maximum Gasteiger partial charge on any atom is 0.573 e. The van der Waals surface area contributed by atoms with Gasteiger partial charge in [0.2, 0.25) is 0 Å². The molecule has 0 saturated carbocycles. The Morgan fingerprint density at radius 2 is 1.82 bits per heavy atom. The fourth-order valence-electron chi connectivity index (χ4n) is 3.62. The molecule has 22 heavy (non-hydrogen) atoms. The number of ether oxygens (including phenoxy) is 1. The van der Waals surface area contributed by atoms with Crippen LogP contribution in [0.2, 0.25) is 0 Å². The summed E-state index contributed by atoms with van der Waals surface area (Å²) in [6.45, 7) is 0. The van der Waals surface area contributed by atoms with Gasteiger partial charge in [0, 0.05) is 23.7 Å². The van der Waals surface area contributed by atoms with Crippen molar-refractivity contribution < 1.29 is 27.4 Å². The summed E-state index contributed by atoms with van der Waals surface area (Å²) < 4.78 is 54.4. The highest BCUT2D eigenvalue weighted by Gasteiger charge is 2.43. The second-order valence-electron chi connectivity index (χ2n) is 6.12. The van der Waals surface area contributed by atoms with Crippen molar-refractivity contribution in [1.82, 2.24) is 5.32 Å². The third kappa shape index (κ3) is 3.20. The maximum absolute atomic E-state index is 14.2. The Balaban J connectivity index is 1.85. The van der Waals surface area contributed by atoms with Gasteiger partial charge in [-0.3, -0.25) is 0 Å². The SMILES string of the molecule is OC1(c2ccc(OC(F)(F)F)cc2F)CC2CCCC(C1)N2. The molecule has 0 spiro atoms. The minimum absolute atomic E-state index is 0.0421. The molecule has 3 nitrogen and oxygen atoms in total. The van der Waals surface area contributed by atoms with E-state index in [1.54, 1.807) is 0 Å². The molecule has 7 heteroatoms. The number of alkyl halides is 3. The number of aliphatic hydroxyl groups is 1. The van der Waals surface area contributed by atoms with Gasteiger partial charge >= 0.3 is 6.36 Å². The van der Waals surface area contributed by atoms with Gasteiger partial charge in [-0.1, -0.05) is 6.42 Å². The number of hydrogen-bond donors (Lipinski definition) is 2. The second-order valence-corrected chi connectivity index (χ2v) is 6.12. The van der Waals surface area contributed by atoms with Crippen LogP contribution < -0.4 is 10.1 Å². The van der Waals surface area contributed by atoms with E-state index < -0.39 is 23.5 Å². The first-order valence-corrected chi connectivity index (χ1v) is 7.29. The molecule has 2 aliphatic rings. The van der Waals surface area contributed by atoms with Crippen LogP contribution in [0.25, 0.3) is 0 Å². The van der Waals surface area contributed by atoms with E-state index in [1.807, 2.05) is 0 Å². The van der Waals surface area contributed by atoms with Crippen LogP contribution in [0.5, 0.6) is 5.75 Å². The molecule has 1 aromatic rings. The van der Waals surface area contributed by atoms with Crippen LogP contribution in [-0.2, 0) is 5.60 Å². The molecule has 2 aliphatic heterocycles. The molecule has 2 N–H and O–H groups in total. The lowest BCUT2D eigenvalue weighted by molar-refractivity contribution is -0.274. The lowest BCUT2D eigenvalue weighted by Gasteiger charge is -2.45. The van der Waals surface area contributed by atoms with Crippen LogP contribution in [0.1, 0.15) is 37.7 Å². The summed E-state index contributed by atoms with van der Waals surface area (Å²) in [6, 6.07) is 3.14. The van der Waals surface area contributed by atoms with E-state index in [9.17, 15) is 22.7 Å². The molecule has 2 unspecified atom stereocenters. The molecule has 1 aromatic carbocycles. The standard InChI is InChI=1S/C15H17F4NO2/c16-13-6-11(22-15(17,18)19)4-5-12(13)14(21)7-9-2-1-3-10(8-14)20-9/h4-6,9-10,20-21H,1-3,7-8H2. The maximum atomic E-state index is 14.2. The Kier molecular flexibility index (Phi) is 3.81. The Labute approximate surface area is 125 Å². The molecule has 0 aliphatic carbocycles. The Morgan fingerprint density at radius 3 is 2.36 bits per heavy atom. The highest BCUT2D eigenvalue weighted by Crippen LogP contribution is 2.41. The first kappa shape index (κ1) is 15.6. The molecule has 2 bridgehead atoms. The number of nitrogens with one attached hydrogen (secondary N) is 1. The quantitative estimate of drug-likeness (QED) is 0.823. The van der Waals surface area contributed by atoms with Crippen LogP contribution in [0.3, 0.4) is 0 Å². The van der Waals surface area contributed by atoms with Gasteiger partial charge in [-0.05, 0) is 37.8 Å². The van der Waals surface area contributed by atoms with Gasteiger partial charge < -0.3 is 15.2 Å². The molecule has 2 atom stereocenters. The van der Waals surface area contributed by atoms with E-state index in [0.717, 1.165) is 25.3 Å². The van der Waals surface area contributed by atoms with Gasteiger partial charge in [-0.15, -0.1) is 13.2 Å². The van der Waals surface area contributed by atoms with Gasteiger partial charge in [0.05, 0.1) is 5.60 Å². The Morgan fingerprint density at radius 1 is 1.18 bits per heavy atom. The Bertz CT molecular complexity index is 549. The van der Waals surface area contributed by atoms with Crippen molar-refractivity contribution in [3.05, 3.63) is 29.6 Å². The van der Waals surface area contributed by atoms with E-state index in [4.69, 9.17) is 0 Å².